The minimum atomic E-state index is 0. The number of carbonyl (C=O) groups excluding carboxylic acids is 1. The Bertz CT molecular complexity index is 1860. The molecule has 0 saturated heterocycles. The number of hydrogen-bond acceptors (Lipinski definition) is 5. The van der Waals surface area contributed by atoms with E-state index in [0.717, 1.165) is 60.0 Å². The predicted molar refractivity (Wildman–Crippen MR) is 206 cm³/mol. The van der Waals surface area contributed by atoms with E-state index in [2.05, 4.69) is 111 Å². The van der Waals surface area contributed by atoms with Gasteiger partial charge in [-0.25, -0.2) is 4.98 Å². The molecule has 6 heteroatoms. The summed E-state index contributed by atoms with van der Waals surface area (Å²) in [5, 5.41) is 15.6. The first kappa shape index (κ1) is 40.3. The van der Waals surface area contributed by atoms with Gasteiger partial charge < -0.3 is 5.11 Å². The zero-order valence-electron chi connectivity index (χ0n) is 30.7. The molecule has 0 bridgehead atoms. The zero-order chi connectivity index (χ0) is 35.0. The van der Waals surface area contributed by atoms with Gasteiger partial charge in [-0.3, -0.25) is 9.78 Å². The molecule has 0 aliphatic rings. The van der Waals surface area contributed by atoms with Crippen molar-refractivity contribution in [2.24, 2.45) is 17.8 Å². The summed E-state index contributed by atoms with van der Waals surface area (Å²) in [7, 11) is 0. The molecule has 0 aliphatic carbocycles. The Morgan fingerprint density at radius 2 is 1.55 bits per heavy atom. The van der Waals surface area contributed by atoms with Crippen molar-refractivity contribution in [2.75, 3.05) is 0 Å². The standard InChI is InChI=1S/C30H29N2S.C13H24O2.Ir/c1-19(2)12-24-15-22(14-21-10-11-33-29(21)24)27-17-28(32-18-31-27)23-13-20-8-6-7-9-25(20)26(16-23)30(3,4)5;1-5-10(6-2)12(14)9-13(15)11(7-3)8-4;/h6-11,14-19H,12H2,1-5H3;9-11,14H,5-8H2,1-4H3;/q-1;;/b;12-9-;. The Morgan fingerprint density at radius 3 is 2.18 bits per heavy atom. The summed E-state index contributed by atoms with van der Waals surface area (Å²) < 4.78 is 1.39. The minimum absolute atomic E-state index is 0. The van der Waals surface area contributed by atoms with Crippen molar-refractivity contribution >= 4 is 38.0 Å². The average molecular weight is 854 g/mol. The number of ketones is 1. The van der Waals surface area contributed by atoms with E-state index in [1.165, 1.54) is 32.7 Å². The largest absolute Gasteiger partial charge is 0.512 e. The van der Waals surface area contributed by atoms with Gasteiger partial charge in [0.1, 0.15) is 6.33 Å². The van der Waals surface area contributed by atoms with Crippen molar-refractivity contribution < 1.29 is 30.0 Å². The third-order valence-corrected chi connectivity index (χ3v) is 10.2. The van der Waals surface area contributed by atoms with E-state index in [4.69, 9.17) is 0 Å². The normalized spacial score (nSPS) is 12.0. The van der Waals surface area contributed by atoms with Crippen LogP contribution in [0.3, 0.4) is 0 Å². The van der Waals surface area contributed by atoms with Crippen molar-refractivity contribution in [1.29, 1.82) is 0 Å². The first-order chi connectivity index (χ1) is 22.9. The molecule has 2 heterocycles. The number of thiophene rings is 1. The third-order valence-electron chi connectivity index (χ3n) is 9.16. The van der Waals surface area contributed by atoms with Gasteiger partial charge in [-0.15, -0.1) is 40.5 Å². The van der Waals surface area contributed by atoms with Crippen molar-refractivity contribution in [2.45, 2.75) is 99.8 Å². The fourth-order valence-electron chi connectivity index (χ4n) is 6.33. The topological polar surface area (TPSA) is 63.1 Å². The van der Waals surface area contributed by atoms with Gasteiger partial charge in [0.15, 0.2) is 5.78 Å². The molecule has 1 N–H and O–H groups in total. The molecule has 3 aromatic carbocycles. The van der Waals surface area contributed by atoms with Crippen LogP contribution >= 0.6 is 11.3 Å². The van der Waals surface area contributed by atoms with Crippen molar-refractivity contribution in [3.8, 4) is 22.5 Å². The van der Waals surface area contributed by atoms with E-state index in [1.807, 2.05) is 39.0 Å². The molecular weight excluding hydrogens is 801 g/mol. The molecule has 0 saturated carbocycles. The van der Waals surface area contributed by atoms with Crippen LogP contribution in [0.25, 0.3) is 43.4 Å². The number of rotatable bonds is 11. The van der Waals surface area contributed by atoms with Gasteiger partial charge in [-0.1, -0.05) is 91.5 Å². The fourth-order valence-corrected chi connectivity index (χ4v) is 7.23. The summed E-state index contributed by atoms with van der Waals surface area (Å²) in [5.41, 5.74) is 6.77. The van der Waals surface area contributed by atoms with Crippen LogP contribution in [0.5, 0.6) is 0 Å². The van der Waals surface area contributed by atoms with E-state index in [0.29, 0.717) is 5.92 Å². The maximum absolute atomic E-state index is 11.7. The predicted octanol–water partition coefficient (Wildman–Crippen LogP) is 12.3. The number of hydrogen-bond donors (Lipinski definition) is 1. The summed E-state index contributed by atoms with van der Waals surface area (Å²) in [6.07, 6.45) is 7.66. The second kappa shape index (κ2) is 18.2. The Kier molecular flexibility index (Phi) is 14.9. The van der Waals surface area contributed by atoms with E-state index in [1.54, 1.807) is 6.33 Å². The summed E-state index contributed by atoms with van der Waals surface area (Å²) in [5.74, 6) is 1.15. The molecule has 0 atom stereocenters. The maximum Gasteiger partial charge on any atom is 0.162 e. The first-order valence-corrected chi connectivity index (χ1v) is 18.5. The molecule has 2 aromatic heterocycles. The molecular formula is C43H53IrN2O2S-. The SMILES string of the molecule is CC(C)Cc1cc(-c2cc(-c3[c-]c4ccccc4c(C(C)(C)C)c3)ncn2)cc2ccsc12.CCC(CC)C(=O)/C=C(\O)C(CC)CC.[Ir]. The minimum Gasteiger partial charge on any atom is -0.512 e. The Balaban J connectivity index is 0.000000347. The van der Waals surface area contributed by atoms with Gasteiger partial charge in [0, 0.05) is 54.0 Å². The molecule has 5 rings (SSSR count). The number of aliphatic hydroxyl groups is 1. The van der Waals surface area contributed by atoms with Crippen molar-refractivity contribution in [3.05, 3.63) is 95.3 Å². The monoisotopic (exact) mass is 854 g/mol. The zero-order valence-corrected chi connectivity index (χ0v) is 33.9. The molecule has 0 unspecified atom stereocenters. The Morgan fingerprint density at radius 1 is 0.898 bits per heavy atom. The molecule has 4 nitrogen and oxygen atoms in total. The van der Waals surface area contributed by atoms with Gasteiger partial charge in [0.05, 0.1) is 11.5 Å². The van der Waals surface area contributed by atoms with Crippen LogP contribution in [-0.2, 0) is 36.7 Å². The van der Waals surface area contributed by atoms with Gasteiger partial charge in [-0.2, -0.15) is 0 Å². The van der Waals surface area contributed by atoms with Gasteiger partial charge in [0.25, 0.3) is 0 Å². The van der Waals surface area contributed by atoms with Crippen LogP contribution in [0.4, 0.5) is 0 Å². The van der Waals surface area contributed by atoms with Gasteiger partial charge >= 0.3 is 0 Å². The van der Waals surface area contributed by atoms with E-state index >= 15 is 0 Å². The smallest absolute Gasteiger partial charge is 0.162 e. The average Bonchev–Trinajstić information content (AvgIpc) is 3.54. The maximum atomic E-state index is 11.7. The number of nitrogens with zero attached hydrogens (tertiary/aromatic N) is 2. The van der Waals surface area contributed by atoms with Crippen LogP contribution < -0.4 is 0 Å². The molecule has 263 valence electrons. The first-order valence-electron chi connectivity index (χ1n) is 17.6. The molecule has 5 aromatic rings. The van der Waals surface area contributed by atoms with Gasteiger partial charge in [-0.05, 0) is 84.0 Å². The Labute approximate surface area is 311 Å². The van der Waals surface area contributed by atoms with Crippen LogP contribution in [0.2, 0.25) is 0 Å². The summed E-state index contributed by atoms with van der Waals surface area (Å²) in [6, 6.07) is 23.3. The molecule has 0 fully saturated rings. The Hall–Kier alpha value is -3.18. The summed E-state index contributed by atoms with van der Waals surface area (Å²) >= 11 is 1.83. The van der Waals surface area contributed by atoms with Gasteiger partial charge in [0.2, 0.25) is 0 Å². The molecule has 0 spiro atoms. The molecule has 0 amide bonds. The van der Waals surface area contributed by atoms with Crippen LogP contribution in [-0.4, -0.2) is 20.9 Å². The fraction of sp³-hybridized carbons (Fsp3) is 0.419. The van der Waals surface area contributed by atoms with Crippen LogP contribution in [0.1, 0.15) is 99.1 Å². The van der Waals surface area contributed by atoms with E-state index in [-0.39, 0.29) is 48.9 Å². The quantitative estimate of drug-likeness (QED) is 0.0817. The molecule has 49 heavy (non-hydrogen) atoms. The second-order valence-electron chi connectivity index (χ2n) is 14.3. The second-order valence-corrected chi connectivity index (χ2v) is 15.2. The number of carbonyl (C=O) groups is 1. The van der Waals surface area contributed by atoms with Crippen molar-refractivity contribution in [3.63, 3.8) is 0 Å². The number of aromatic nitrogens is 2. The summed E-state index contributed by atoms with van der Waals surface area (Å²) in [6.45, 7) is 19.4. The number of benzene rings is 3. The molecule has 0 aliphatic heterocycles. The third kappa shape index (κ3) is 10.2. The van der Waals surface area contributed by atoms with Crippen LogP contribution in [0.15, 0.2) is 78.1 Å². The van der Waals surface area contributed by atoms with E-state index in [9.17, 15) is 9.90 Å². The number of aliphatic hydroxyl groups excluding tert-OH is 1. The number of fused-ring (bicyclic) bond motifs is 2. The van der Waals surface area contributed by atoms with Crippen molar-refractivity contribution in [1.82, 2.24) is 9.97 Å². The summed E-state index contributed by atoms with van der Waals surface area (Å²) in [4.78, 5) is 21.0. The van der Waals surface area contributed by atoms with Crippen LogP contribution in [0, 0.1) is 23.8 Å². The molecule has 1 radical (unpaired) electrons. The number of allylic oxidation sites excluding steroid dienone is 2. The van der Waals surface area contributed by atoms with E-state index < -0.39 is 0 Å².